The summed E-state index contributed by atoms with van der Waals surface area (Å²) in [6.45, 7) is 3.68. The Kier molecular flexibility index (Phi) is 3.13. The second-order valence-corrected chi connectivity index (χ2v) is 6.18. The fourth-order valence-electron chi connectivity index (χ4n) is 3.18. The predicted octanol–water partition coefficient (Wildman–Crippen LogP) is 3.45. The third-order valence-corrected chi connectivity index (χ3v) is 4.67. The van der Waals surface area contributed by atoms with Crippen molar-refractivity contribution in [2.24, 2.45) is 5.41 Å². The minimum atomic E-state index is -0.0268. The van der Waals surface area contributed by atoms with Crippen molar-refractivity contribution in [2.75, 3.05) is 18.4 Å². The van der Waals surface area contributed by atoms with Gasteiger partial charge in [0, 0.05) is 18.5 Å². The molecule has 0 atom stereocenters. The molecule has 1 aliphatic carbocycles. The van der Waals surface area contributed by atoms with Crippen molar-refractivity contribution in [3.63, 3.8) is 0 Å². The first-order valence-electron chi connectivity index (χ1n) is 6.76. The van der Waals surface area contributed by atoms with Crippen molar-refractivity contribution in [3.8, 4) is 0 Å². The fraction of sp³-hybridized carbons (Fsp3) is 0.571. The van der Waals surface area contributed by atoms with E-state index in [1.165, 1.54) is 25.7 Å². The van der Waals surface area contributed by atoms with Crippen molar-refractivity contribution in [2.45, 2.75) is 32.6 Å². The van der Waals surface area contributed by atoms with Gasteiger partial charge in [0.1, 0.15) is 5.15 Å². The second kappa shape index (κ2) is 4.67. The van der Waals surface area contributed by atoms with Crippen molar-refractivity contribution in [3.05, 3.63) is 23.0 Å². The van der Waals surface area contributed by atoms with Gasteiger partial charge in [-0.3, -0.25) is 0 Å². The topological polar surface area (TPSA) is 45.2 Å². The predicted molar refractivity (Wildman–Crippen MR) is 75.5 cm³/mol. The van der Waals surface area contributed by atoms with Gasteiger partial charge in [-0.25, -0.2) is 9.78 Å². The van der Waals surface area contributed by atoms with Gasteiger partial charge in [-0.1, -0.05) is 24.4 Å². The van der Waals surface area contributed by atoms with Crippen LogP contribution in [-0.2, 0) is 0 Å². The number of hydrogen-bond donors (Lipinski definition) is 1. The van der Waals surface area contributed by atoms with Crippen LogP contribution in [0.3, 0.4) is 0 Å². The Morgan fingerprint density at radius 2 is 2.11 bits per heavy atom. The van der Waals surface area contributed by atoms with Crippen LogP contribution in [-0.4, -0.2) is 29.0 Å². The van der Waals surface area contributed by atoms with Crippen LogP contribution >= 0.6 is 11.6 Å². The maximum Gasteiger partial charge on any atom is 0.321 e. The van der Waals surface area contributed by atoms with E-state index >= 15 is 0 Å². The van der Waals surface area contributed by atoms with E-state index < -0.39 is 0 Å². The zero-order valence-corrected chi connectivity index (χ0v) is 11.8. The van der Waals surface area contributed by atoms with Crippen LogP contribution in [0.25, 0.3) is 0 Å². The summed E-state index contributed by atoms with van der Waals surface area (Å²) in [4.78, 5) is 18.0. The highest BCUT2D eigenvalue weighted by atomic mass is 35.5. The summed E-state index contributed by atoms with van der Waals surface area (Å²) in [6, 6.07) is 1.82. The smallest absolute Gasteiger partial charge is 0.321 e. The molecular formula is C14H18ClN3O. The van der Waals surface area contributed by atoms with E-state index in [0.29, 0.717) is 16.3 Å². The highest BCUT2D eigenvalue weighted by Gasteiger charge is 2.46. The molecule has 5 heteroatoms. The summed E-state index contributed by atoms with van der Waals surface area (Å²) in [5.74, 6) is 0. The van der Waals surface area contributed by atoms with E-state index in [4.69, 9.17) is 11.6 Å². The Morgan fingerprint density at radius 3 is 2.74 bits per heavy atom. The largest absolute Gasteiger partial charge is 0.323 e. The summed E-state index contributed by atoms with van der Waals surface area (Å²) >= 11 is 5.87. The molecule has 0 bridgehead atoms. The number of nitrogens with zero attached hydrogens (tertiary/aromatic N) is 2. The molecule has 3 rings (SSSR count). The molecular weight excluding hydrogens is 262 g/mol. The lowest BCUT2D eigenvalue weighted by Gasteiger charge is -2.48. The minimum absolute atomic E-state index is 0.0268. The molecule has 1 saturated carbocycles. The number of carbonyl (C=O) groups is 1. The third-order valence-electron chi connectivity index (χ3n) is 4.27. The van der Waals surface area contributed by atoms with Crippen molar-refractivity contribution < 1.29 is 4.79 Å². The highest BCUT2D eigenvalue weighted by Crippen LogP contribution is 2.45. The quantitative estimate of drug-likeness (QED) is 0.800. The molecule has 1 saturated heterocycles. The summed E-state index contributed by atoms with van der Waals surface area (Å²) in [7, 11) is 0. The zero-order chi connectivity index (χ0) is 13.5. The Morgan fingerprint density at radius 1 is 1.42 bits per heavy atom. The highest BCUT2D eigenvalue weighted by molar-refractivity contribution is 6.30. The summed E-state index contributed by atoms with van der Waals surface area (Å²) in [5.41, 5.74) is 2.01. The molecule has 19 heavy (non-hydrogen) atoms. The van der Waals surface area contributed by atoms with Gasteiger partial charge >= 0.3 is 6.03 Å². The van der Waals surface area contributed by atoms with Gasteiger partial charge < -0.3 is 10.2 Å². The normalized spacial score (nSPS) is 20.4. The van der Waals surface area contributed by atoms with Gasteiger partial charge in [-0.2, -0.15) is 0 Å². The number of anilines is 1. The second-order valence-electron chi connectivity index (χ2n) is 5.83. The fourth-order valence-corrected chi connectivity index (χ4v) is 3.28. The Labute approximate surface area is 118 Å². The average molecular weight is 280 g/mol. The van der Waals surface area contributed by atoms with Gasteiger partial charge in [0.2, 0.25) is 0 Å². The number of halogens is 1. The third kappa shape index (κ3) is 2.41. The van der Waals surface area contributed by atoms with E-state index in [1.54, 1.807) is 6.20 Å². The van der Waals surface area contributed by atoms with E-state index in [1.807, 2.05) is 17.9 Å². The molecule has 0 aromatic carbocycles. The van der Waals surface area contributed by atoms with Gasteiger partial charge in [0.25, 0.3) is 0 Å². The first-order chi connectivity index (χ1) is 9.08. The Balaban J connectivity index is 1.58. The number of carbonyl (C=O) groups excluding carboxylic acids is 1. The molecule has 1 spiro atoms. The molecule has 2 fully saturated rings. The average Bonchev–Trinajstić information content (AvgIpc) is 2.81. The van der Waals surface area contributed by atoms with Crippen LogP contribution in [0.15, 0.2) is 12.3 Å². The van der Waals surface area contributed by atoms with E-state index in [9.17, 15) is 4.79 Å². The van der Waals surface area contributed by atoms with E-state index in [-0.39, 0.29) is 6.03 Å². The number of nitrogens with one attached hydrogen (secondary N) is 1. The number of hydrogen-bond acceptors (Lipinski definition) is 2. The van der Waals surface area contributed by atoms with E-state index in [2.05, 4.69) is 10.3 Å². The SMILES string of the molecule is Cc1cc(NC(=O)N2CC3(CCCC3)C2)cnc1Cl. The molecule has 0 radical (unpaired) electrons. The van der Waals surface area contributed by atoms with Crippen LogP contribution < -0.4 is 5.32 Å². The van der Waals surface area contributed by atoms with Gasteiger partial charge in [-0.15, -0.1) is 0 Å². The summed E-state index contributed by atoms with van der Waals surface area (Å²) < 4.78 is 0. The van der Waals surface area contributed by atoms with Crippen LogP contribution in [0.1, 0.15) is 31.2 Å². The molecule has 2 amide bonds. The summed E-state index contributed by atoms with van der Waals surface area (Å²) in [6.07, 6.45) is 6.78. The molecule has 1 N–H and O–H groups in total. The molecule has 2 heterocycles. The first kappa shape index (κ1) is 12.7. The number of aromatic nitrogens is 1. The number of aryl methyl sites for hydroxylation is 1. The molecule has 0 unspecified atom stereocenters. The Hall–Kier alpha value is -1.29. The zero-order valence-electron chi connectivity index (χ0n) is 11.1. The van der Waals surface area contributed by atoms with Crippen molar-refractivity contribution in [1.82, 2.24) is 9.88 Å². The monoisotopic (exact) mass is 279 g/mol. The van der Waals surface area contributed by atoms with Crippen LogP contribution in [0, 0.1) is 12.3 Å². The molecule has 4 nitrogen and oxygen atoms in total. The van der Waals surface area contributed by atoms with E-state index in [0.717, 1.165) is 18.7 Å². The lowest BCUT2D eigenvalue weighted by Crippen LogP contribution is -2.58. The van der Waals surface area contributed by atoms with Gasteiger partial charge in [0.05, 0.1) is 11.9 Å². The molecule has 1 aromatic rings. The number of amides is 2. The summed E-state index contributed by atoms with van der Waals surface area (Å²) in [5, 5.41) is 3.36. The Bertz CT molecular complexity index is 503. The van der Waals surface area contributed by atoms with Crippen LogP contribution in [0.5, 0.6) is 0 Å². The molecule has 102 valence electrons. The van der Waals surface area contributed by atoms with Crippen LogP contribution in [0.4, 0.5) is 10.5 Å². The van der Waals surface area contributed by atoms with Crippen molar-refractivity contribution >= 4 is 23.3 Å². The number of pyridine rings is 1. The molecule has 2 aliphatic rings. The molecule has 1 aromatic heterocycles. The number of urea groups is 1. The maximum absolute atomic E-state index is 12.1. The maximum atomic E-state index is 12.1. The lowest BCUT2D eigenvalue weighted by atomic mass is 9.78. The minimum Gasteiger partial charge on any atom is -0.323 e. The van der Waals surface area contributed by atoms with Gasteiger partial charge in [0.15, 0.2) is 0 Å². The lowest BCUT2D eigenvalue weighted by molar-refractivity contribution is 0.0430. The number of rotatable bonds is 1. The standard InChI is InChI=1S/C14H18ClN3O/c1-10-6-11(7-16-12(10)15)17-13(19)18-8-14(9-18)4-2-3-5-14/h6-7H,2-5,8-9H2,1H3,(H,17,19). The first-order valence-corrected chi connectivity index (χ1v) is 7.14. The number of likely N-dealkylation sites (tertiary alicyclic amines) is 1. The molecule has 1 aliphatic heterocycles. The van der Waals surface area contributed by atoms with Crippen LogP contribution in [0.2, 0.25) is 5.15 Å². The van der Waals surface area contributed by atoms with Gasteiger partial charge in [-0.05, 0) is 31.4 Å². The van der Waals surface area contributed by atoms with Crippen molar-refractivity contribution in [1.29, 1.82) is 0 Å².